The van der Waals surface area contributed by atoms with Crippen LogP contribution in [0, 0.1) is 6.92 Å². The fraction of sp³-hybridized carbons (Fsp3) is 0.368. The molecule has 138 valence electrons. The highest BCUT2D eigenvalue weighted by molar-refractivity contribution is 5.94. The molecule has 3 rings (SSSR count). The van der Waals surface area contributed by atoms with Crippen LogP contribution in [0.2, 0.25) is 0 Å². The molecule has 0 saturated carbocycles. The first kappa shape index (κ1) is 18.2. The van der Waals surface area contributed by atoms with E-state index in [1.807, 2.05) is 19.2 Å². The lowest BCUT2D eigenvalue weighted by Crippen LogP contribution is -2.35. The highest BCUT2D eigenvalue weighted by Crippen LogP contribution is 2.29. The number of carbonyl (C=O) groups excluding carboxylic acids is 1. The topological polar surface area (TPSA) is 36.4 Å². The minimum absolute atomic E-state index is 0.230. The maximum absolute atomic E-state index is 12.7. The van der Waals surface area contributed by atoms with E-state index in [2.05, 4.69) is 9.88 Å². The van der Waals surface area contributed by atoms with Crippen LogP contribution in [0.1, 0.15) is 27.9 Å². The molecule has 1 aliphatic rings. The standard InChI is InChI=1S/C19H20F3N3O/c1-14-13-23-8-7-17(14)24-9-2-10-25(12-11-24)18(26)15-3-5-16(6-4-15)19(20,21)22/h3-8,13H,2,9-12H2,1H3. The third kappa shape index (κ3) is 3.98. The van der Waals surface area contributed by atoms with Crippen molar-refractivity contribution in [3.8, 4) is 0 Å². The third-order valence-corrected chi connectivity index (χ3v) is 4.57. The summed E-state index contributed by atoms with van der Waals surface area (Å²) in [5, 5.41) is 0. The van der Waals surface area contributed by atoms with Gasteiger partial charge in [0.1, 0.15) is 0 Å². The molecule has 26 heavy (non-hydrogen) atoms. The van der Waals surface area contributed by atoms with Gasteiger partial charge in [-0.1, -0.05) is 0 Å². The molecule has 2 heterocycles. The molecule has 0 bridgehead atoms. The number of aromatic nitrogens is 1. The van der Waals surface area contributed by atoms with Gasteiger partial charge in [0, 0.05) is 49.8 Å². The lowest BCUT2D eigenvalue weighted by Gasteiger charge is -2.25. The minimum Gasteiger partial charge on any atom is -0.369 e. The van der Waals surface area contributed by atoms with Crippen molar-refractivity contribution in [3.63, 3.8) is 0 Å². The smallest absolute Gasteiger partial charge is 0.369 e. The van der Waals surface area contributed by atoms with Crippen LogP contribution in [0.3, 0.4) is 0 Å². The zero-order valence-electron chi connectivity index (χ0n) is 14.5. The molecule has 0 radical (unpaired) electrons. The van der Waals surface area contributed by atoms with E-state index in [0.29, 0.717) is 19.6 Å². The summed E-state index contributed by atoms with van der Waals surface area (Å²) in [4.78, 5) is 20.7. The molecule has 0 atom stereocenters. The number of rotatable bonds is 2. The van der Waals surface area contributed by atoms with Crippen molar-refractivity contribution in [2.45, 2.75) is 19.5 Å². The molecule has 0 N–H and O–H groups in total. The number of aryl methyl sites for hydroxylation is 1. The van der Waals surface area contributed by atoms with E-state index in [1.165, 1.54) is 12.1 Å². The fourth-order valence-electron chi connectivity index (χ4n) is 3.17. The van der Waals surface area contributed by atoms with E-state index in [4.69, 9.17) is 0 Å². The van der Waals surface area contributed by atoms with Crippen LogP contribution in [0.4, 0.5) is 18.9 Å². The number of amides is 1. The number of hydrogen-bond acceptors (Lipinski definition) is 3. The number of anilines is 1. The number of carbonyl (C=O) groups is 1. The summed E-state index contributed by atoms with van der Waals surface area (Å²) in [7, 11) is 0. The van der Waals surface area contributed by atoms with Crippen molar-refractivity contribution < 1.29 is 18.0 Å². The lowest BCUT2D eigenvalue weighted by atomic mass is 10.1. The largest absolute Gasteiger partial charge is 0.416 e. The van der Waals surface area contributed by atoms with Gasteiger partial charge < -0.3 is 9.80 Å². The number of pyridine rings is 1. The molecule has 0 aliphatic carbocycles. The molecule has 1 amide bonds. The molecule has 1 fully saturated rings. The average Bonchev–Trinajstić information content (AvgIpc) is 2.87. The molecule has 0 unspecified atom stereocenters. The van der Waals surface area contributed by atoms with Crippen molar-refractivity contribution in [2.24, 2.45) is 0 Å². The normalized spacial score (nSPS) is 15.7. The Morgan fingerprint density at radius 1 is 1.04 bits per heavy atom. The van der Waals surface area contributed by atoms with Crippen molar-refractivity contribution in [1.82, 2.24) is 9.88 Å². The number of alkyl halides is 3. The van der Waals surface area contributed by atoms with Gasteiger partial charge in [-0.25, -0.2) is 0 Å². The quantitative estimate of drug-likeness (QED) is 0.815. The van der Waals surface area contributed by atoms with E-state index >= 15 is 0 Å². The van der Waals surface area contributed by atoms with Crippen molar-refractivity contribution in [1.29, 1.82) is 0 Å². The second kappa shape index (κ2) is 7.35. The van der Waals surface area contributed by atoms with Crippen LogP contribution >= 0.6 is 0 Å². The first-order chi connectivity index (χ1) is 12.4. The zero-order valence-corrected chi connectivity index (χ0v) is 14.5. The van der Waals surface area contributed by atoms with Gasteiger partial charge in [-0.05, 0) is 49.2 Å². The Hall–Kier alpha value is -2.57. The summed E-state index contributed by atoms with van der Waals surface area (Å²) in [6.45, 7) is 4.61. The molecule has 1 aromatic heterocycles. The molecule has 0 spiro atoms. The van der Waals surface area contributed by atoms with Gasteiger partial charge in [0.2, 0.25) is 0 Å². The maximum Gasteiger partial charge on any atom is 0.416 e. The number of halogens is 3. The Kier molecular flexibility index (Phi) is 5.15. The second-order valence-electron chi connectivity index (χ2n) is 6.37. The second-order valence-corrected chi connectivity index (χ2v) is 6.37. The number of nitrogens with zero attached hydrogens (tertiary/aromatic N) is 3. The van der Waals surface area contributed by atoms with Gasteiger partial charge >= 0.3 is 6.18 Å². The van der Waals surface area contributed by atoms with Crippen LogP contribution in [-0.2, 0) is 6.18 Å². The predicted octanol–water partition coefficient (Wildman–Crippen LogP) is 3.76. The van der Waals surface area contributed by atoms with Crippen LogP contribution in [0.5, 0.6) is 0 Å². The number of hydrogen-bond donors (Lipinski definition) is 0. The van der Waals surface area contributed by atoms with Gasteiger partial charge in [-0.3, -0.25) is 9.78 Å². The van der Waals surface area contributed by atoms with Crippen molar-refractivity contribution >= 4 is 11.6 Å². The van der Waals surface area contributed by atoms with E-state index in [9.17, 15) is 18.0 Å². The van der Waals surface area contributed by atoms with Crippen LogP contribution in [0.15, 0.2) is 42.7 Å². The molecular formula is C19H20F3N3O. The average molecular weight is 363 g/mol. The van der Waals surface area contributed by atoms with Crippen molar-refractivity contribution in [2.75, 3.05) is 31.1 Å². The van der Waals surface area contributed by atoms with E-state index in [1.54, 1.807) is 11.1 Å². The number of benzene rings is 1. The molecular weight excluding hydrogens is 343 g/mol. The van der Waals surface area contributed by atoms with Gasteiger partial charge in [0.05, 0.1) is 5.56 Å². The summed E-state index contributed by atoms with van der Waals surface area (Å²) in [5.74, 6) is -0.230. The molecule has 7 heteroatoms. The predicted molar refractivity (Wildman–Crippen MR) is 93.2 cm³/mol. The van der Waals surface area contributed by atoms with Gasteiger partial charge in [0.15, 0.2) is 0 Å². The summed E-state index contributed by atoms with van der Waals surface area (Å²) in [6.07, 6.45) is -0.0368. The molecule has 1 saturated heterocycles. The SMILES string of the molecule is Cc1cnccc1N1CCCN(C(=O)c2ccc(C(F)(F)F)cc2)CC1. The summed E-state index contributed by atoms with van der Waals surface area (Å²) >= 11 is 0. The van der Waals surface area contributed by atoms with Gasteiger partial charge in [0.25, 0.3) is 5.91 Å². The van der Waals surface area contributed by atoms with Crippen LogP contribution in [0.25, 0.3) is 0 Å². The Bertz CT molecular complexity index is 774. The monoisotopic (exact) mass is 363 g/mol. The molecule has 4 nitrogen and oxygen atoms in total. The third-order valence-electron chi connectivity index (χ3n) is 4.57. The van der Waals surface area contributed by atoms with Gasteiger partial charge in [-0.2, -0.15) is 13.2 Å². The highest BCUT2D eigenvalue weighted by Gasteiger charge is 2.30. The van der Waals surface area contributed by atoms with Crippen molar-refractivity contribution in [3.05, 3.63) is 59.4 Å². The minimum atomic E-state index is -4.40. The summed E-state index contributed by atoms with van der Waals surface area (Å²) in [6, 6.07) is 6.37. The van der Waals surface area contributed by atoms with Crippen LogP contribution in [-0.4, -0.2) is 42.0 Å². The lowest BCUT2D eigenvalue weighted by molar-refractivity contribution is -0.137. The van der Waals surface area contributed by atoms with E-state index in [-0.39, 0.29) is 11.5 Å². The summed E-state index contributed by atoms with van der Waals surface area (Å²) in [5.41, 5.74) is 1.72. The first-order valence-corrected chi connectivity index (χ1v) is 8.48. The Morgan fingerprint density at radius 3 is 2.42 bits per heavy atom. The Morgan fingerprint density at radius 2 is 1.77 bits per heavy atom. The van der Waals surface area contributed by atoms with Crippen LogP contribution < -0.4 is 4.90 Å². The highest BCUT2D eigenvalue weighted by atomic mass is 19.4. The molecule has 1 aliphatic heterocycles. The first-order valence-electron chi connectivity index (χ1n) is 8.48. The van der Waals surface area contributed by atoms with E-state index < -0.39 is 11.7 Å². The Balaban J connectivity index is 1.69. The molecule has 1 aromatic carbocycles. The van der Waals surface area contributed by atoms with E-state index in [0.717, 1.165) is 36.3 Å². The summed E-state index contributed by atoms with van der Waals surface area (Å²) < 4.78 is 38.0. The maximum atomic E-state index is 12.7. The Labute approximate surface area is 150 Å². The molecule has 2 aromatic rings. The fourth-order valence-corrected chi connectivity index (χ4v) is 3.17. The van der Waals surface area contributed by atoms with Gasteiger partial charge in [-0.15, -0.1) is 0 Å². The zero-order chi connectivity index (χ0) is 18.7.